The fourth-order valence-corrected chi connectivity index (χ4v) is 2.52. The molecule has 0 N–H and O–H groups in total. The number of rotatable bonds is 0. The van der Waals surface area contributed by atoms with Crippen molar-refractivity contribution in [2.75, 3.05) is 0 Å². The highest BCUT2D eigenvalue weighted by atomic mass is 32.1. The van der Waals surface area contributed by atoms with E-state index >= 15 is 0 Å². The molecule has 1 aliphatic carbocycles. The molecule has 0 atom stereocenters. The fraction of sp³-hybridized carbons (Fsp3) is 0.400. The zero-order valence-electron chi connectivity index (χ0n) is 6.98. The standard InChI is InChI=1S/C10H12S/c1-7-3-4-10-9(8(7)2)5-6-11-10/h5-6H,3-4H2,1-2H3. The van der Waals surface area contributed by atoms with Crippen LogP contribution in [-0.2, 0) is 6.42 Å². The van der Waals surface area contributed by atoms with Crippen LogP contribution < -0.4 is 0 Å². The van der Waals surface area contributed by atoms with E-state index in [0.717, 1.165) is 0 Å². The van der Waals surface area contributed by atoms with Gasteiger partial charge in [0.25, 0.3) is 0 Å². The van der Waals surface area contributed by atoms with Crippen molar-refractivity contribution in [2.45, 2.75) is 26.7 Å². The first-order valence-corrected chi connectivity index (χ1v) is 4.90. The Morgan fingerprint density at radius 3 is 2.91 bits per heavy atom. The van der Waals surface area contributed by atoms with Gasteiger partial charge in [-0.25, -0.2) is 0 Å². The Labute approximate surface area is 71.6 Å². The fourth-order valence-electron chi connectivity index (χ4n) is 1.59. The van der Waals surface area contributed by atoms with Crippen molar-refractivity contribution in [3.63, 3.8) is 0 Å². The molecule has 0 spiro atoms. The second-order valence-corrected chi connectivity index (χ2v) is 4.16. The molecule has 0 amide bonds. The lowest BCUT2D eigenvalue weighted by atomic mass is 9.93. The number of allylic oxidation sites excluding steroid dienone is 2. The van der Waals surface area contributed by atoms with Crippen LogP contribution in [0.2, 0.25) is 0 Å². The second-order valence-electron chi connectivity index (χ2n) is 3.16. The van der Waals surface area contributed by atoms with Crippen LogP contribution in [0.3, 0.4) is 0 Å². The Hall–Kier alpha value is -0.560. The van der Waals surface area contributed by atoms with Crippen molar-refractivity contribution < 1.29 is 0 Å². The molecule has 2 rings (SSSR count). The molecule has 0 fully saturated rings. The third-order valence-corrected chi connectivity index (χ3v) is 3.50. The summed E-state index contributed by atoms with van der Waals surface area (Å²) in [5.74, 6) is 0. The van der Waals surface area contributed by atoms with Gasteiger partial charge in [-0.15, -0.1) is 11.3 Å². The first-order chi connectivity index (χ1) is 5.29. The summed E-state index contributed by atoms with van der Waals surface area (Å²) in [5.41, 5.74) is 4.57. The van der Waals surface area contributed by atoms with E-state index in [0.29, 0.717) is 0 Å². The van der Waals surface area contributed by atoms with Gasteiger partial charge in [0, 0.05) is 4.88 Å². The molecule has 0 unspecified atom stereocenters. The van der Waals surface area contributed by atoms with Crippen LogP contribution in [0.1, 0.15) is 30.7 Å². The first-order valence-electron chi connectivity index (χ1n) is 4.02. The molecule has 0 saturated carbocycles. The minimum atomic E-state index is 1.26. The smallest absolute Gasteiger partial charge is 0.0123 e. The predicted octanol–water partition coefficient (Wildman–Crippen LogP) is 3.49. The minimum absolute atomic E-state index is 1.26. The van der Waals surface area contributed by atoms with E-state index in [1.54, 1.807) is 10.5 Å². The number of thiophene rings is 1. The van der Waals surface area contributed by atoms with Gasteiger partial charge in [-0.05, 0) is 49.3 Å². The summed E-state index contributed by atoms with van der Waals surface area (Å²) >= 11 is 1.90. The van der Waals surface area contributed by atoms with E-state index in [2.05, 4.69) is 25.3 Å². The Morgan fingerprint density at radius 2 is 2.09 bits per heavy atom. The van der Waals surface area contributed by atoms with Crippen molar-refractivity contribution in [1.82, 2.24) is 0 Å². The summed E-state index contributed by atoms with van der Waals surface area (Å²) in [6.07, 6.45) is 2.52. The molecule has 1 heterocycles. The quantitative estimate of drug-likeness (QED) is 0.550. The maximum atomic E-state index is 2.25. The Bertz CT molecular complexity index is 304. The van der Waals surface area contributed by atoms with Gasteiger partial charge in [0.2, 0.25) is 0 Å². The SMILES string of the molecule is CC1=C(C)c2ccsc2CC1. The lowest BCUT2D eigenvalue weighted by Crippen LogP contribution is -1.96. The lowest BCUT2D eigenvalue weighted by Gasteiger charge is -2.14. The van der Waals surface area contributed by atoms with Crippen molar-refractivity contribution in [1.29, 1.82) is 0 Å². The van der Waals surface area contributed by atoms with Gasteiger partial charge in [0.05, 0.1) is 0 Å². The first kappa shape index (κ1) is 7.11. The molecule has 0 aromatic carbocycles. The van der Waals surface area contributed by atoms with Gasteiger partial charge in [0.15, 0.2) is 0 Å². The zero-order chi connectivity index (χ0) is 7.84. The number of fused-ring (bicyclic) bond motifs is 1. The lowest BCUT2D eigenvalue weighted by molar-refractivity contribution is 0.936. The van der Waals surface area contributed by atoms with E-state index in [1.165, 1.54) is 24.0 Å². The van der Waals surface area contributed by atoms with Crippen molar-refractivity contribution in [3.05, 3.63) is 27.5 Å². The Kier molecular flexibility index (Phi) is 1.61. The Morgan fingerprint density at radius 1 is 1.27 bits per heavy atom. The monoisotopic (exact) mass is 164 g/mol. The maximum absolute atomic E-state index is 2.25. The maximum Gasteiger partial charge on any atom is 0.0123 e. The molecule has 11 heavy (non-hydrogen) atoms. The summed E-state index contributed by atoms with van der Waals surface area (Å²) in [5, 5.41) is 2.20. The van der Waals surface area contributed by atoms with Gasteiger partial charge >= 0.3 is 0 Å². The largest absolute Gasteiger partial charge is 0.148 e. The highest BCUT2D eigenvalue weighted by Gasteiger charge is 2.13. The van der Waals surface area contributed by atoms with E-state index in [1.807, 2.05) is 11.3 Å². The van der Waals surface area contributed by atoms with Gasteiger partial charge in [0.1, 0.15) is 0 Å². The van der Waals surface area contributed by atoms with E-state index in [9.17, 15) is 0 Å². The number of hydrogen-bond donors (Lipinski definition) is 0. The molecular formula is C10H12S. The number of hydrogen-bond acceptors (Lipinski definition) is 1. The molecule has 0 saturated heterocycles. The van der Waals surface area contributed by atoms with Crippen LogP contribution in [0, 0.1) is 0 Å². The minimum Gasteiger partial charge on any atom is -0.148 e. The highest BCUT2D eigenvalue weighted by Crippen LogP contribution is 2.33. The molecule has 0 radical (unpaired) electrons. The van der Waals surface area contributed by atoms with Crippen molar-refractivity contribution >= 4 is 16.9 Å². The molecule has 0 nitrogen and oxygen atoms in total. The average Bonchev–Trinajstić information content (AvgIpc) is 2.45. The molecular weight excluding hydrogens is 152 g/mol. The third-order valence-electron chi connectivity index (χ3n) is 2.52. The molecule has 1 aromatic rings. The van der Waals surface area contributed by atoms with Crippen LogP contribution in [0.5, 0.6) is 0 Å². The third kappa shape index (κ3) is 1.04. The Balaban J connectivity index is 2.57. The molecule has 0 aliphatic heterocycles. The van der Waals surface area contributed by atoms with Crippen LogP contribution in [-0.4, -0.2) is 0 Å². The van der Waals surface area contributed by atoms with Crippen molar-refractivity contribution in [3.8, 4) is 0 Å². The molecule has 0 bridgehead atoms. The van der Waals surface area contributed by atoms with Gasteiger partial charge in [-0.2, -0.15) is 0 Å². The number of aryl methyl sites for hydroxylation is 1. The molecule has 58 valence electrons. The highest BCUT2D eigenvalue weighted by molar-refractivity contribution is 7.10. The van der Waals surface area contributed by atoms with Crippen molar-refractivity contribution in [2.24, 2.45) is 0 Å². The van der Waals surface area contributed by atoms with E-state index in [4.69, 9.17) is 0 Å². The second kappa shape index (κ2) is 2.49. The topological polar surface area (TPSA) is 0 Å². The van der Waals surface area contributed by atoms with Crippen LogP contribution in [0.4, 0.5) is 0 Å². The molecule has 1 heteroatoms. The predicted molar refractivity (Wildman–Crippen MR) is 50.9 cm³/mol. The zero-order valence-corrected chi connectivity index (χ0v) is 7.79. The van der Waals surface area contributed by atoms with E-state index in [-0.39, 0.29) is 0 Å². The average molecular weight is 164 g/mol. The van der Waals surface area contributed by atoms with Gasteiger partial charge in [-0.3, -0.25) is 0 Å². The molecule has 1 aromatic heterocycles. The summed E-state index contributed by atoms with van der Waals surface area (Å²) in [4.78, 5) is 1.58. The normalized spacial score (nSPS) is 16.9. The van der Waals surface area contributed by atoms with Gasteiger partial charge < -0.3 is 0 Å². The summed E-state index contributed by atoms with van der Waals surface area (Å²) in [6, 6.07) is 2.25. The van der Waals surface area contributed by atoms with Gasteiger partial charge in [-0.1, -0.05) is 5.57 Å². The summed E-state index contributed by atoms with van der Waals surface area (Å²) < 4.78 is 0. The van der Waals surface area contributed by atoms with Crippen LogP contribution in [0.15, 0.2) is 17.0 Å². The van der Waals surface area contributed by atoms with Crippen LogP contribution in [0.25, 0.3) is 5.57 Å². The summed E-state index contributed by atoms with van der Waals surface area (Å²) in [7, 11) is 0. The van der Waals surface area contributed by atoms with Crippen LogP contribution >= 0.6 is 11.3 Å². The van der Waals surface area contributed by atoms with E-state index < -0.39 is 0 Å². The summed E-state index contributed by atoms with van der Waals surface area (Å²) in [6.45, 7) is 4.48. The molecule has 1 aliphatic rings.